The molecule has 1 heterocycles. The molecule has 0 N–H and O–H groups in total. The third-order valence-corrected chi connectivity index (χ3v) is 5.22. The van der Waals surface area contributed by atoms with Crippen LogP contribution in [0.2, 0.25) is 0 Å². The van der Waals surface area contributed by atoms with E-state index >= 15 is 0 Å². The van der Waals surface area contributed by atoms with Gasteiger partial charge in [0.05, 0.1) is 31.6 Å². The Morgan fingerprint density at radius 2 is 1.67 bits per heavy atom. The van der Waals surface area contributed by atoms with Crippen LogP contribution in [0.25, 0.3) is 0 Å². The molecule has 0 aromatic heterocycles. The molecule has 0 saturated carbocycles. The van der Waals surface area contributed by atoms with Gasteiger partial charge in [-0.1, -0.05) is 41.5 Å². The molecule has 7 heteroatoms. The summed E-state index contributed by atoms with van der Waals surface area (Å²) in [4.78, 5) is 26.1. The van der Waals surface area contributed by atoms with Gasteiger partial charge in [-0.15, -0.1) is 0 Å². The molecule has 0 aromatic rings. The van der Waals surface area contributed by atoms with E-state index in [-0.39, 0.29) is 28.7 Å². The number of hydrogen-bond donors (Lipinski definition) is 0. The zero-order valence-corrected chi connectivity index (χ0v) is 20.9. The highest BCUT2D eigenvalue weighted by atomic mass is 16.6. The first-order valence-electron chi connectivity index (χ1n) is 10.8. The minimum absolute atomic E-state index is 0.00635. The number of esters is 2. The maximum Gasteiger partial charge on any atom is 0.311 e. The van der Waals surface area contributed by atoms with Crippen LogP contribution in [0.15, 0.2) is 4.99 Å². The van der Waals surface area contributed by atoms with E-state index in [0.29, 0.717) is 13.2 Å². The molecule has 0 aromatic carbocycles. The van der Waals surface area contributed by atoms with Crippen molar-refractivity contribution < 1.29 is 28.5 Å². The minimum Gasteiger partial charge on any atom is -0.479 e. The van der Waals surface area contributed by atoms with E-state index in [1.54, 1.807) is 7.11 Å². The number of carbonyl (C=O) groups excluding carboxylic acids is 2. The Kier molecular flexibility index (Phi) is 16.4. The standard InChI is InChI=1S/C8H15NO.C8H16O3.C7H14O2/c1-4-8(2,3)7-9-5-6-10-7;1-4-7(2)8(9)11-6-5-10-3;1-5-7(2,3)6(8)9-4/h4-6H2,1-3H3;7H,4-6H2,1-3H3;5H2,1-4H3. The Balaban J connectivity index is 0. The van der Waals surface area contributed by atoms with Crippen LogP contribution in [0.1, 0.15) is 74.7 Å². The summed E-state index contributed by atoms with van der Waals surface area (Å²) < 4.78 is 19.5. The van der Waals surface area contributed by atoms with E-state index in [1.165, 1.54) is 7.11 Å². The van der Waals surface area contributed by atoms with Crippen molar-refractivity contribution in [3.05, 3.63) is 0 Å². The SMILES string of the molecule is CCC(C)(C)C(=O)OC.CCC(C)(C)C1=NCCO1.CCC(C)C(=O)OCCOC. The average Bonchev–Trinajstić information content (AvgIpc) is 3.29. The van der Waals surface area contributed by atoms with E-state index < -0.39 is 0 Å². The second-order valence-electron chi connectivity index (χ2n) is 8.47. The largest absolute Gasteiger partial charge is 0.479 e. The summed E-state index contributed by atoms with van der Waals surface area (Å²) in [6.45, 7) is 18.5. The van der Waals surface area contributed by atoms with Gasteiger partial charge >= 0.3 is 11.9 Å². The van der Waals surface area contributed by atoms with Crippen LogP contribution in [0, 0.1) is 16.7 Å². The Labute approximate surface area is 183 Å². The van der Waals surface area contributed by atoms with Crippen molar-refractivity contribution in [2.45, 2.75) is 74.7 Å². The molecule has 7 nitrogen and oxygen atoms in total. The number of hydrogen-bond acceptors (Lipinski definition) is 7. The molecule has 1 atom stereocenters. The molecule has 1 aliphatic heterocycles. The normalized spacial score (nSPS) is 14.1. The maximum absolute atomic E-state index is 11.0. The predicted octanol–water partition coefficient (Wildman–Crippen LogP) is 4.67. The van der Waals surface area contributed by atoms with Crippen LogP contribution in [-0.2, 0) is 28.5 Å². The van der Waals surface area contributed by atoms with Crippen molar-refractivity contribution in [1.29, 1.82) is 0 Å². The third kappa shape index (κ3) is 12.8. The van der Waals surface area contributed by atoms with Crippen LogP contribution >= 0.6 is 0 Å². The zero-order valence-electron chi connectivity index (χ0n) is 20.9. The fourth-order valence-electron chi connectivity index (χ4n) is 1.85. The first kappa shape index (κ1) is 30.6. The number of methoxy groups -OCH3 is 2. The Morgan fingerprint density at radius 3 is 2.00 bits per heavy atom. The summed E-state index contributed by atoms with van der Waals surface area (Å²) in [5.41, 5.74) is -0.161. The molecule has 0 aliphatic carbocycles. The molecular weight excluding hydrogens is 386 g/mol. The summed E-state index contributed by atoms with van der Waals surface area (Å²) >= 11 is 0. The van der Waals surface area contributed by atoms with Crippen LogP contribution in [0.4, 0.5) is 0 Å². The molecule has 0 fully saturated rings. The van der Waals surface area contributed by atoms with Gasteiger partial charge in [-0.2, -0.15) is 0 Å². The summed E-state index contributed by atoms with van der Waals surface area (Å²) in [5, 5.41) is 0. The van der Waals surface area contributed by atoms with Gasteiger partial charge in [0.2, 0.25) is 0 Å². The number of aliphatic imine (C=N–C) groups is 1. The molecule has 1 rings (SSSR count). The fraction of sp³-hybridized carbons (Fsp3) is 0.870. The number of nitrogens with zero attached hydrogens (tertiary/aromatic N) is 1. The van der Waals surface area contributed by atoms with Crippen LogP contribution in [-0.4, -0.2) is 58.4 Å². The molecule has 1 aliphatic rings. The summed E-state index contributed by atoms with van der Waals surface area (Å²) in [6.07, 6.45) is 2.73. The van der Waals surface area contributed by atoms with Gasteiger partial charge in [0.1, 0.15) is 13.2 Å². The highest BCUT2D eigenvalue weighted by Crippen LogP contribution is 2.24. The average molecular weight is 432 g/mol. The van der Waals surface area contributed by atoms with Crippen molar-refractivity contribution in [3.63, 3.8) is 0 Å². The molecule has 0 saturated heterocycles. The highest BCUT2D eigenvalue weighted by molar-refractivity contribution is 5.82. The number of rotatable bonds is 9. The monoisotopic (exact) mass is 431 g/mol. The van der Waals surface area contributed by atoms with Crippen LogP contribution in [0.5, 0.6) is 0 Å². The number of ether oxygens (including phenoxy) is 4. The molecule has 0 bridgehead atoms. The first-order chi connectivity index (χ1) is 13.9. The van der Waals surface area contributed by atoms with Gasteiger partial charge in [0, 0.05) is 12.5 Å². The minimum atomic E-state index is -0.311. The topological polar surface area (TPSA) is 83.4 Å². The van der Waals surface area contributed by atoms with Crippen molar-refractivity contribution in [1.82, 2.24) is 0 Å². The second-order valence-corrected chi connectivity index (χ2v) is 8.47. The van der Waals surface area contributed by atoms with Gasteiger partial charge in [0.25, 0.3) is 0 Å². The Hall–Kier alpha value is -1.63. The van der Waals surface area contributed by atoms with Crippen molar-refractivity contribution in [2.75, 3.05) is 40.6 Å². The molecule has 178 valence electrons. The lowest BCUT2D eigenvalue weighted by Crippen LogP contribution is -2.24. The quantitative estimate of drug-likeness (QED) is 0.390. The van der Waals surface area contributed by atoms with Crippen molar-refractivity contribution in [3.8, 4) is 0 Å². The maximum atomic E-state index is 11.0. The van der Waals surface area contributed by atoms with E-state index in [9.17, 15) is 9.59 Å². The van der Waals surface area contributed by atoms with Crippen molar-refractivity contribution in [2.24, 2.45) is 21.7 Å². The lowest BCUT2D eigenvalue weighted by Gasteiger charge is -2.21. The fourth-order valence-corrected chi connectivity index (χ4v) is 1.85. The van der Waals surface area contributed by atoms with Crippen LogP contribution in [0.3, 0.4) is 0 Å². The van der Waals surface area contributed by atoms with Gasteiger partial charge < -0.3 is 18.9 Å². The smallest absolute Gasteiger partial charge is 0.311 e. The summed E-state index contributed by atoms with van der Waals surface area (Å²) in [6, 6.07) is 0. The summed E-state index contributed by atoms with van der Waals surface area (Å²) in [5.74, 6) is 0.677. The summed E-state index contributed by atoms with van der Waals surface area (Å²) in [7, 11) is 3.00. The molecule has 30 heavy (non-hydrogen) atoms. The Bertz CT molecular complexity index is 514. The van der Waals surface area contributed by atoms with Gasteiger partial charge in [-0.05, 0) is 33.1 Å². The molecular formula is C23H45NO6. The van der Waals surface area contributed by atoms with E-state index in [0.717, 1.165) is 38.3 Å². The van der Waals surface area contributed by atoms with Gasteiger partial charge in [-0.3, -0.25) is 14.6 Å². The van der Waals surface area contributed by atoms with Crippen molar-refractivity contribution >= 4 is 17.8 Å². The molecule has 1 unspecified atom stereocenters. The first-order valence-corrected chi connectivity index (χ1v) is 10.8. The van der Waals surface area contributed by atoms with Crippen LogP contribution < -0.4 is 0 Å². The lowest BCUT2D eigenvalue weighted by molar-refractivity contribution is -0.151. The van der Waals surface area contributed by atoms with E-state index in [4.69, 9.17) is 14.2 Å². The molecule has 0 spiro atoms. The number of carbonyl (C=O) groups is 2. The molecule has 0 radical (unpaired) electrons. The third-order valence-electron chi connectivity index (χ3n) is 5.22. The molecule has 0 amide bonds. The predicted molar refractivity (Wildman–Crippen MR) is 121 cm³/mol. The van der Waals surface area contributed by atoms with Gasteiger partial charge in [0.15, 0.2) is 5.90 Å². The van der Waals surface area contributed by atoms with Gasteiger partial charge in [-0.25, -0.2) is 0 Å². The highest BCUT2D eigenvalue weighted by Gasteiger charge is 2.27. The zero-order chi connectivity index (χ0) is 23.8. The lowest BCUT2D eigenvalue weighted by atomic mass is 9.90. The van der Waals surface area contributed by atoms with E-state index in [2.05, 4.69) is 30.5 Å². The van der Waals surface area contributed by atoms with E-state index in [1.807, 2.05) is 34.6 Å². The Morgan fingerprint density at radius 1 is 1.07 bits per heavy atom. The second kappa shape index (κ2) is 16.1.